The highest BCUT2D eigenvalue weighted by Gasteiger charge is 2.47. The van der Waals surface area contributed by atoms with Gasteiger partial charge in [0.1, 0.15) is 5.54 Å². The molecule has 1 saturated carbocycles. The highest BCUT2D eigenvalue weighted by molar-refractivity contribution is 5.85. The molecule has 2 fully saturated rings. The van der Waals surface area contributed by atoms with Crippen LogP contribution in [0, 0.1) is 17.3 Å². The number of hydrogen-bond donors (Lipinski definition) is 2. The van der Waals surface area contributed by atoms with Gasteiger partial charge >= 0.3 is 0 Å². The van der Waals surface area contributed by atoms with Gasteiger partial charge in [0.2, 0.25) is 5.91 Å². The Morgan fingerprint density at radius 1 is 1.10 bits per heavy atom. The van der Waals surface area contributed by atoms with Crippen molar-refractivity contribution in [2.45, 2.75) is 58.4 Å². The quantitative estimate of drug-likeness (QED) is 0.824. The van der Waals surface area contributed by atoms with Crippen LogP contribution < -0.4 is 11.5 Å². The second-order valence-corrected chi connectivity index (χ2v) is 7.95. The highest BCUT2D eigenvalue weighted by Crippen LogP contribution is 2.39. The van der Waals surface area contributed by atoms with Crippen molar-refractivity contribution in [3.63, 3.8) is 0 Å². The molecule has 0 radical (unpaired) electrons. The van der Waals surface area contributed by atoms with Crippen LogP contribution in [0.15, 0.2) is 0 Å². The van der Waals surface area contributed by atoms with Crippen molar-refractivity contribution in [2.24, 2.45) is 28.7 Å². The number of primary amides is 1. The predicted molar refractivity (Wildman–Crippen MR) is 82.1 cm³/mol. The summed E-state index contributed by atoms with van der Waals surface area (Å²) in [6, 6.07) is 0. The Morgan fingerprint density at radius 2 is 1.75 bits per heavy atom. The van der Waals surface area contributed by atoms with Crippen LogP contribution in [0.5, 0.6) is 0 Å². The molecule has 1 saturated heterocycles. The fourth-order valence-corrected chi connectivity index (χ4v) is 3.56. The summed E-state index contributed by atoms with van der Waals surface area (Å²) in [6.07, 6.45) is 5.78. The van der Waals surface area contributed by atoms with Gasteiger partial charge in [0.25, 0.3) is 0 Å². The summed E-state index contributed by atoms with van der Waals surface area (Å²) in [5, 5.41) is 0. The summed E-state index contributed by atoms with van der Waals surface area (Å²) in [5.41, 5.74) is 11.5. The maximum atomic E-state index is 11.8. The number of likely N-dealkylation sites (tertiary alicyclic amines) is 1. The van der Waals surface area contributed by atoms with Crippen LogP contribution >= 0.6 is 0 Å². The Kier molecular flexibility index (Phi) is 4.45. The minimum atomic E-state index is -0.804. The Balaban J connectivity index is 1.95. The molecule has 4 nitrogen and oxygen atoms in total. The summed E-state index contributed by atoms with van der Waals surface area (Å²) in [5.74, 6) is 0.743. The maximum Gasteiger partial charge on any atom is 0.239 e. The molecule has 20 heavy (non-hydrogen) atoms. The van der Waals surface area contributed by atoms with Crippen LogP contribution in [0.2, 0.25) is 0 Å². The molecule has 2 unspecified atom stereocenters. The van der Waals surface area contributed by atoms with Gasteiger partial charge in [-0.15, -0.1) is 0 Å². The molecule has 0 aromatic rings. The maximum absolute atomic E-state index is 11.8. The fourth-order valence-electron chi connectivity index (χ4n) is 3.56. The standard InChI is InChI=1S/C16H31N3O/c1-15(2,3)12-5-4-9-19(10-8-12)11-16(18,14(17)20)13-6-7-13/h12-13H,4-11,18H2,1-3H3,(H2,17,20). The van der Waals surface area contributed by atoms with Gasteiger partial charge in [-0.25, -0.2) is 0 Å². The van der Waals surface area contributed by atoms with Gasteiger partial charge in [0, 0.05) is 6.54 Å². The van der Waals surface area contributed by atoms with Gasteiger partial charge in [-0.2, -0.15) is 0 Å². The van der Waals surface area contributed by atoms with Crippen molar-refractivity contribution in [1.29, 1.82) is 0 Å². The van der Waals surface area contributed by atoms with Crippen molar-refractivity contribution in [3.8, 4) is 0 Å². The zero-order valence-corrected chi connectivity index (χ0v) is 13.3. The minimum absolute atomic E-state index is 0.307. The van der Waals surface area contributed by atoms with E-state index in [4.69, 9.17) is 11.5 Å². The van der Waals surface area contributed by atoms with E-state index in [-0.39, 0.29) is 5.91 Å². The van der Waals surface area contributed by atoms with Crippen molar-refractivity contribution in [1.82, 2.24) is 4.90 Å². The van der Waals surface area contributed by atoms with Gasteiger partial charge < -0.3 is 16.4 Å². The second-order valence-electron chi connectivity index (χ2n) is 7.95. The third-order valence-electron chi connectivity index (χ3n) is 5.30. The topological polar surface area (TPSA) is 72.3 Å². The second kappa shape index (κ2) is 5.64. The number of rotatable bonds is 4. The fraction of sp³-hybridized carbons (Fsp3) is 0.938. The average molecular weight is 281 g/mol. The monoisotopic (exact) mass is 281 g/mol. The van der Waals surface area contributed by atoms with E-state index in [1.54, 1.807) is 0 Å². The Labute approximate surface area is 123 Å². The Hall–Kier alpha value is -0.610. The van der Waals surface area contributed by atoms with Crippen LogP contribution in [0.3, 0.4) is 0 Å². The first kappa shape index (κ1) is 15.8. The van der Waals surface area contributed by atoms with Crippen molar-refractivity contribution < 1.29 is 4.79 Å². The van der Waals surface area contributed by atoms with E-state index < -0.39 is 5.54 Å². The van der Waals surface area contributed by atoms with Crippen LogP contribution in [0.4, 0.5) is 0 Å². The van der Waals surface area contributed by atoms with E-state index in [1.165, 1.54) is 19.3 Å². The van der Waals surface area contributed by atoms with Gasteiger partial charge in [0.05, 0.1) is 0 Å². The van der Waals surface area contributed by atoms with Crippen LogP contribution in [-0.2, 0) is 4.79 Å². The number of hydrogen-bond acceptors (Lipinski definition) is 3. The van der Waals surface area contributed by atoms with E-state index in [0.29, 0.717) is 17.9 Å². The number of carbonyl (C=O) groups is 1. The summed E-state index contributed by atoms with van der Waals surface area (Å²) in [4.78, 5) is 14.1. The molecule has 1 heterocycles. The van der Waals surface area contributed by atoms with E-state index in [9.17, 15) is 4.79 Å². The first-order valence-electron chi connectivity index (χ1n) is 8.04. The molecule has 1 aliphatic carbocycles. The molecule has 2 rings (SSSR count). The lowest BCUT2D eigenvalue weighted by Gasteiger charge is -2.33. The largest absolute Gasteiger partial charge is 0.368 e. The predicted octanol–water partition coefficient (Wildman–Crippen LogP) is 1.73. The molecule has 1 amide bonds. The van der Waals surface area contributed by atoms with E-state index in [0.717, 1.165) is 31.8 Å². The lowest BCUT2D eigenvalue weighted by molar-refractivity contribution is -0.124. The van der Waals surface area contributed by atoms with Gasteiger partial charge in [-0.05, 0) is 62.4 Å². The SMILES string of the molecule is CC(C)(C)C1CCCN(CC(N)(C(N)=O)C2CC2)CC1. The Bertz CT molecular complexity index is 359. The zero-order valence-electron chi connectivity index (χ0n) is 13.3. The molecule has 2 atom stereocenters. The molecule has 1 aliphatic heterocycles. The Morgan fingerprint density at radius 3 is 2.25 bits per heavy atom. The number of amides is 1. The first-order valence-corrected chi connectivity index (χ1v) is 8.04. The molecular weight excluding hydrogens is 250 g/mol. The summed E-state index contributed by atoms with van der Waals surface area (Å²) in [7, 11) is 0. The van der Waals surface area contributed by atoms with Crippen molar-refractivity contribution in [2.75, 3.05) is 19.6 Å². The molecule has 4 N–H and O–H groups in total. The smallest absolute Gasteiger partial charge is 0.239 e. The normalized spacial score (nSPS) is 28.7. The first-order chi connectivity index (χ1) is 9.23. The van der Waals surface area contributed by atoms with Gasteiger partial charge in [0.15, 0.2) is 0 Å². The van der Waals surface area contributed by atoms with Crippen LogP contribution in [0.25, 0.3) is 0 Å². The summed E-state index contributed by atoms with van der Waals surface area (Å²) >= 11 is 0. The molecule has 2 aliphatic rings. The number of nitrogens with two attached hydrogens (primary N) is 2. The highest BCUT2D eigenvalue weighted by atomic mass is 16.1. The van der Waals surface area contributed by atoms with E-state index >= 15 is 0 Å². The summed E-state index contributed by atoms with van der Waals surface area (Å²) in [6.45, 7) is 9.72. The lowest BCUT2D eigenvalue weighted by atomic mass is 9.77. The summed E-state index contributed by atoms with van der Waals surface area (Å²) < 4.78 is 0. The molecule has 0 spiro atoms. The zero-order chi connectivity index (χ0) is 15.0. The van der Waals surface area contributed by atoms with Gasteiger partial charge in [-0.3, -0.25) is 4.79 Å². The number of nitrogens with zero attached hydrogens (tertiary/aromatic N) is 1. The third kappa shape index (κ3) is 3.53. The van der Waals surface area contributed by atoms with Crippen LogP contribution in [0.1, 0.15) is 52.9 Å². The number of carbonyl (C=O) groups excluding carboxylic acids is 1. The van der Waals surface area contributed by atoms with Crippen LogP contribution in [-0.4, -0.2) is 36.0 Å². The molecule has 4 heteroatoms. The molecule has 0 bridgehead atoms. The van der Waals surface area contributed by atoms with Crippen molar-refractivity contribution in [3.05, 3.63) is 0 Å². The lowest BCUT2D eigenvalue weighted by Crippen LogP contribution is -2.60. The van der Waals surface area contributed by atoms with E-state index in [2.05, 4.69) is 25.7 Å². The molecule has 0 aromatic carbocycles. The van der Waals surface area contributed by atoms with Gasteiger partial charge in [-0.1, -0.05) is 20.8 Å². The van der Waals surface area contributed by atoms with Crippen molar-refractivity contribution >= 4 is 5.91 Å². The minimum Gasteiger partial charge on any atom is -0.368 e. The molecule has 116 valence electrons. The third-order valence-corrected chi connectivity index (χ3v) is 5.30. The average Bonchev–Trinajstić information content (AvgIpc) is 3.14. The molecular formula is C16H31N3O. The van der Waals surface area contributed by atoms with E-state index in [1.807, 2.05) is 0 Å². The molecule has 0 aromatic heterocycles.